The van der Waals surface area contributed by atoms with Crippen LogP contribution in [-0.2, 0) is 11.3 Å². The zero-order valence-electron chi connectivity index (χ0n) is 14.6. The van der Waals surface area contributed by atoms with E-state index in [4.69, 9.17) is 10.2 Å². The summed E-state index contributed by atoms with van der Waals surface area (Å²) in [6, 6.07) is 12.4. The molecule has 7 nitrogen and oxygen atoms in total. The van der Waals surface area contributed by atoms with Crippen LogP contribution in [0.4, 0.5) is 11.4 Å². The fourth-order valence-corrected chi connectivity index (χ4v) is 2.50. The maximum absolute atomic E-state index is 12.3. The quantitative estimate of drug-likeness (QED) is 0.735. The summed E-state index contributed by atoms with van der Waals surface area (Å²) < 4.78 is 6.30. The Morgan fingerprint density at radius 3 is 2.62 bits per heavy atom. The van der Waals surface area contributed by atoms with Crippen molar-refractivity contribution in [3.8, 4) is 11.5 Å². The van der Waals surface area contributed by atoms with Gasteiger partial charge >= 0.3 is 0 Å². The van der Waals surface area contributed by atoms with Crippen molar-refractivity contribution in [3.05, 3.63) is 64.6 Å². The predicted octanol–water partition coefficient (Wildman–Crippen LogP) is 2.85. The van der Waals surface area contributed by atoms with Crippen LogP contribution in [0.1, 0.15) is 25.3 Å². The number of rotatable bonds is 5. The largest absolute Gasteiger partial charge is 0.463 e. The first-order chi connectivity index (χ1) is 12.4. The van der Waals surface area contributed by atoms with Gasteiger partial charge in [-0.15, -0.1) is 0 Å². The molecule has 3 rings (SSSR count). The predicted molar refractivity (Wildman–Crippen MR) is 99.8 cm³/mol. The Kier molecular flexibility index (Phi) is 4.88. The van der Waals surface area contributed by atoms with Gasteiger partial charge in [-0.2, -0.15) is 5.10 Å². The molecule has 2 aromatic heterocycles. The van der Waals surface area contributed by atoms with Gasteiger partial charge in [0.2, 0.25) is 5.91 Å². The van der Waals surface area contributed by atoms with Gasteiger partial charge in [-0.3, -0.25) is 9.59 Å². The number of carbonyl (C=O) groups is 1. The SMILES string of the molecule is CC(C)c1ccc(NC(=O)Cn2nc(-c3ccco3)cc(N)c2=O)cc1. The van der Waals surface area contributed by atoms with Crippen LogP contribution < -0.4 is 16.6 Å². The summed E-state index contributed by atoms with van der Waals surface area (Å²) in [6.45, 7) is 3.95. The lowest BCUT2D eigenvalue weighted by Gasteiger charge is -2.10. The van der Waals surface area contributed by atoms with Gasteiger partial charge in [-0.25, -0.2) is 4.68 Å². The van der Waals surface area contributed by atoms with E-state index in [0.717, 1.165) is 4.68 Å². The second-order valence-electron chi connectivity index (χ2n) is 6.25. The molecule has 2 heterocycles. The lowest BCUT2D eigenvalue weighted by atomic mass is 10.0. The van der Waals surface area contributed by atoms with Crippen molar-refractivity contribution in [1.29, 1.82) is 0 Å². The lowest BCUT2D eigenvalue weighted by molar-refractivity contribution is -0.117. The molecule has 1 aromatic carbocycles. The van der Waals surface area contributed by atoms with Gasteiger partial charge < -0.3 is 15.5 Å². The van der Waals surface area contributed by atoms with Crippen molar-refractivity contribution < 1.29 is 9.21 Å². The zero-order valence-corrected chi connectivity index (χ0v) is 14.6. The van der Waals surface area contributed by atoms with Crippen molar-refractivity contribution >= 4 is 17.3 Å². The van der Waals surface area contributed by atoms with Gasteiger partial charge in [0, 0.05) is 5.69 Å². The van der Waals surface area contributed by atoms with Crippen LogP contribution in [0.15, 0.2) is 57.9 Å². The first-order valence-electron chi connectivity index (χ1n) is 8.25. The molecule has 7 heteroatoms. The van der Waals surface area contributed by atoms with Crippen molar-refractivity contribution in [2.45, 2.75) is 26.3 Å². The van der Waals surface area contributed by atoms with Crippen LogP contribution in [0.2, 0.25) is 0 Å². The number of furan rings is 1. The minimum Gasteiger partial charge on any atom is -0.463 e. The maximum atomic E-state index is 12.3. The molecule has 0 saturated carbocycles. The topological polar surface area (TPSA) is 103 Å². The van der Waals surface area contributed by atoms with Crippen LogP contribution in [0.5, 0.6) is 0 Å². The van der Waals surface area contributed by atoms with Crippen LogP contribution in [0.25, 0.3) is 11.5 Å². The Bertz CT molecular complexity index is 957. The summed E-state index contributed by atoms with van der Waals surface area (Å²) in [5.41, 5.74) is 7.46. The highest BCUT2D eigenvalue weighted by Crippen LogP contribution is 2.18. The third-order valence-electron chi connectivity index (χ3n) is 3.93. The molecule has 3 aromatic rings. The van der Waals surface area contributed by atoms with E-state index in [0.29, 0.717) is 23.1 Å². The number of hydrogen-bond acceptors (Lipinski definition) is 5. The molecule has 26 heavy (non-hydrogen) atoms. The molecule has 0 aliphatic carbocycles. The summed E-state index contributed by atoms with van der Waals surface area (Å²) >= 11 is 0. The second kappa shape index (κ2) is 7.26. The fourth-order valence-electron chi connectivity index (χ4n) is 2.50. The normalized spacial score (nSPS) is 10.9. The average Bonchev–Trinajstić information content (AvgIpc) is 3.14. The number of hydrogen-bond donors (Lipinski definition) is 2. The zero-order chi connectivity index (χ0) is 18.7. The van der Waals surface area contributed by atoms with E-state index in [1.54, 1.807) is 12.1 Å². The Hall–Kier alpha value is -3.35. The van der Waals surface area contributed by atoms with E-state index >= 15 is 0 Å². The van der Waals surface area contributed by atoms with Crippen molar-refractivity contribution in [2.75, 3.05) is 11.1 Å². The average molecular weight is 352 g/mol. The number of nitrogens with zero attached hydrogens (tertiary/aromatic N) is 2. The molecular formula is C19H20N4O3. The number of carbonyl (C=O) groups excluding carboxylic acids is 1. The standard InChI is InChI=1S/C19H20N4O3/c1-12(2)13-5-7-14(8-6-13)21-18(24)11-23-19(25)15(20)10-16(22-23)17-4-3-9-26-17/h3-10,12H,11,20H2,1-2H3,(H,21,24). The van der Waals surface area contributed by atoms with E-state index < -0.39 is 5.56 Å². The Labute approximate surface area is 150 Å². The van der Waals surface area contributed by atoms with E-state index in [1.165, 1.54) is 17.9 Å². The number of anilines is 2. The fraction of sp³-hybridized carbons (Fsp3) is 0.211. The minimum atomic E-state index is -0.523. The van der Waals surface area contributed by atoms with Gasteiger partial charge in [0.1, 0.15) is 17.9 Å². The molecule has 0 spiro atoms. The highest BCUT2D eigenvalue weighted by molar-refractivity contribution is 5.90. The Morgan fingerprint density at radius 2 is 2.00 bits per heavy atom. The third-order valence-corrected chi connectivity index (χ3v) is 3.93. The number of benzene rings is 1. The van der Waals surface area contributed by atoms with E-state index in [9.17, 15) is 9.59 Å². The maximum Gasteiger partial charge on any atom is 0.290 e. The first-order valence-corrected chi connectivity index (χ1v) is 8.25. The van der Waals surface area contributed by atoms with Gasteiger partial charge in [0.15, 0.2) is 5.76 Å². The highest BCUT2D eigenvalue weighted by atomic mass is 16.3. The number of amides is 1. The van der Waals surface area contributed by atoms with Gasteiger partial charge in [-0.05, 0) is 41.8 Å². The molecule has 0 radical (unpaired) electrons. The Morgan fingerprint density at radius 1 is 1.27 bits per heavy atom. The Balaban J connectivity index is 1.77. The van der Waals surface area contributed by atoms with Gasteiger partial charge in [0.25, 0.3) is 5.56 Å². The van der Waals surface area contributed by atoms with Crippen LogP contribution >= 0.6 is 0 Å². The number of nitrogen functional groups attached to an aromatic ring is 1. The molecule has 0 fully saturated rings. The summed E-state index contributed by atoms with van der Waals surface area (Å²) in [7, 11) is 0. The summed E-state index contributed by atoms with van der Waals surface area (Å²) in [6.07, 6.45) is 1.50. The number of aromatic nitrogens is 2. The summed E-state index contributed by atoms with van der Waals surface area (Å²) in [5.74, 6) is 0.512. The highest BCUT2D eigenvalue weighted by Gasteiger charge is 2.13. The van der Waals surface area contributed by atoms with Crippen LogP contribution in [0, 0.1) is 0 Å². The minimum absolute atomic E-state index is 0.000450. The molecule has 0 bridgehead atoms. The molecular weight excluding hydrogens is 332 g/mol. The van der Waals surface area contributed by atoms with Crippen molar-refractivity contribution in [1.82, 2.24) is 9.78 Å². The van der Waals surface area contributed by atoms with Crippen LogP contribution in [-0.4, -0.2) is 15.7 Å². The van der Waals surface area contributed by atoms with Crippen molar-refractivity contribution in [3.63, 3.8) is 0 Å². The third kappa shape index (κ3) is 3.83. The molecule has 0 saturated heterocycles. The molecule has 0 unspecified atom stereocenters. The molecule has 0 aliphatic rings. The lowest BCUT2D eigenvalue weighted by Crippen LogP contribution is -2.31. The molecule has 3 N–H and O–H groups in total. The smallest absolute Gasteiger partial charge is 0.290 e. The molecule has 134 valence electrons. The summed E-state index contributed by atoms with van der Waals surface area (Å²) in [4.78, 5) is 24.4. The van der Waals surface area contributed by atoms with E-state index in [2.05, 4.69) is 24.3 Å². The van der Waals surface area contributed by atoms with Crippen LogP contribution in [0.3, 0.4) is 0 Å². The van der Waals surface area contributed by atoms with E-state index in [1.807, 2.05) is 24.3 Å². The monoisotopic (exact) mass is 352 g/mol. The molecule has 0 aliphatic heterocycles. The van der Waals surface area contributed by atoms with Gasteiger partial charge in [-0.1, -0.05) is 26.0 Å². The first kappa shape index (κ1) is 17.5. The second-order valence-corrected chi connectivity index (χ2v) is 6.25. The van der Waals surface area contributed by atoms with Crippen molar-refractivity contribution in [2.24, 2.45) is 0 Å². The van der Waals surface area contributed by atoms with E-state index in [-0.39, 0.29) is 18.1 Å². The molecule has 1 amide bonds. The van der Waals surface area contributed by atoms with Gasteiger partial charge in [0.05, 0.1) is 6.26 Å². The summed E-state index contributed by atoms with van der Waals surface area (Å²) in [5, 5.41) is 6.92. The number of nitrogens with one attached hydrogen (secondary N) is 1. The molecule has 0 atom stereocenters. The number of nitrogens with two attached hydrogens (primary N) is 1.